The number of carbonyl (C=O) groups is 1. The van der Waals surface area contributed by atoms with Crippen molar-refractivity contribution in [2.24, 2.45) is 4.99 Å². The average Bonchev–Trinajstić information content (AvgIpc) is 3.20. The number of rotatable bonds is 4. The van der Waals surface area contributed by atoms with Crippen LogP contribution >= 0.6 is 0 Å². The Morgan fingerprint density at radius 2 is 2.12 bits per heavy atom. The van der Waals surface area contributed by atoms with Gasteiger partial charge in [-0.15, -0.1) is 0 Å². The second kappa shape index (κ2) is 6.54. The third kappa shape index (κ3) is 3.12. The van der Waals surface area contributed by atoms with E-state index in [2.05, 4.69) is 15.2 Å². The fraction of sp³-hybridized carbons (Fsp3) is 0.167. The van der Waals surface area contributed by atoms with Gasteiger partial charge in [-0.05, 0) is 38.1 Å². The molecule has 1 N–H and O–H groups in total. The molecule has 0 unspecified atom stereocenters. The van der Waals surface area contributed by atoms with Crippen LogP contribution in [0.4, 0.5) is 5.69 Å². The molecule has 0 aliphatic rings. The number of nitrogens with zero attached hydrogens (tertiary/aromatic N) is 2. The fourth-order valence-corrected chi connectivity index (χ4v) is 2.36. The number of hydrogen-bond acceptors (Lipinski definition) is 5. The summed E-state index contributed by atoms with van der Waals surface area (Å²) >= 11 is 0. The number of carbonyl (C=O) groups excluding carboxylic acids is 1. The van der Waals surface area contributed by atoms with Gasteiger partial charge in [-0.2, -0.15) is 5.10 Å². The average molecular weight is 323 g/mol. The van der Waals surface area contributed by atoms with Gasteiger partial charge < -0.3 is 9.15 Å². The number of H-pyrrole nitrogens is 1. The predicted octanol–water partition coefficient (Wildman–Crippen LogP) is 3.82. The summed E-state index contributed by atoms with van der Waals surface area (Å²) in [5, 5.41) is 6.99. The number of aromatic nitrogens is 2. The van der Waals surface area contributed by atoms with Crippen molar-refractivity contribution in [1.82, 2.24) is 10.2 Å². The van der Waals surface area contributed by atoms with Gasteiger partial charge in [0.05, 0.1) is 30.3 Å². The van der Waals surface area contributed by atoms with Gasteiger partial charge in [0.15, 0.2) is 0 Å². The minimum atomic E-state index is -0.379. The van der Waals surface area contributed by atoms with E-state index < -0.39 is 0 Å². The van der Waals surface area contributed by atoms with Gasteiger partial charge in [0, 0.05) is 5.56 Å². The zero-order chi connectivity index (χ0) is 17.1. The Kier molecular flexibility index (Phi) is 4.29. The van der Waals surface area contributed by atoms with Gasteiger partial charge in [-0.25, -0.2) is 9.79 Å². The number of hydrogen-bond donors (Lipinski definition) is 1. The molecule has 1 aromatic carbocycles. The van der Waals surface area contributed by atoms with Crippen LogP contribution in [-0.2, 0) is 4.74 Å². The Labute approximate surface area is 139 Å². The number of methoxy groups -OCH3 is 1. The normalized spacial score (nSPS) is 11.1. The number of furan rings is 1. The van der Waals surface area contributed by atoms with Crippen molar-refractivity contribution in [3.63, 3.8) is 0 Å². The number of ether oxygens (including phenoxy) is 1. The highest BCUT2D eigenvalue weighted by Crippen LogP contribution is 2.24. The Balaban J connectivity index is 1.85. The molecule has 6 nitrogen and oxygen atoms in total. The van der Waals surface area contributed by atoms with Crippen LogP contribution in [0.1, 0.15) is 27.5 Å². The molecular formula is C18H17N3O3. The molecular weight excluding hydrogens is 306 g/mol. The summed E-state index contributed by atoms with van der Waals surface area (Å²) < 4.78 is 10.5. The molecule has 2 aromatic heterocycles. The lowest BCUT2D eigenvalue weighted by Crippen LogP contribution is -2.00. The van der Waals surface area contributed by atoms with E-state index in [9.17, 15) is 4.79 Å². The Hall–Kier alpha value is -3.15. The summed E-state index contributed by atoms with van der Waals surface area (Å²) in [7, 11) is 1.36. The molecule has 0 aliphatic carbocycles. The molecule has 0 amide bonds. The monoisotopic (exact) mass is 323 g/mol. The lowest BCUT2D eigenvalue weighted by molar-refractivity contribution is 0.0601. The fourth-order valence-electron chi connectivity index (χ4n) is 2.36. The smallest absolute Gasteiger partial charge is 0.337 e. The second-order valence-corrected chi connectivity index (χ2v) is 5.32. The molecule has 0 spiro atoms. The minimum Gasteiger partial charge on any atom is -0.465 e. The van der Waals surface area contributed by atoms with Crippen LogP contribution in [-0.4, -0.2) is 29.5 Å². The third-order valence-electron chi connectivity index (χ3n) is 3.61. The van der Waals surface area contributed by atoms with Crippen LogP contribution in [0.5, 0.6) is 0 Å². The van der Waals surface area contributed by atoms with E-state index in [1.807, 2.05) is 32.0 Å². The number of aliphatic imine (C=N–C) groups is 1. The summed E-state index contributed by atoms with van der Waals surface area (Å²) in [5.41, 5.74) is 3.82. The molecule has 122 valence electrons. The van der Waals surface area contributed by atoms with Gasteiger partial charge in [0.2, 0.25) is 0 Å². The largest absolute Gasteiger partial charge is 0.465 e. The topological polar surface area (TPSA) is 80.5 Å². The number of nitrogens with one attached hydrogen (secondary N) is 1. The van der Waals surface area contributed by atoms with Crippen molar-refractivity contribution < 1.29 is 13.9 Å². The number of esters is 1. The lowest BCUT2D eigenvalue weighted by Gasteiger charge is -2.01. The maximum atomic E-state index is 11.6. The Morgan fingerprint density at radius 3 is 2.83 bits per heavy atom. The molecule has 0 bridgehead atoms. The van der Waals surface area contributed by atoms with Gasteiger partial charge >= 0.3 is 5.97 Å². The first-order valence-electron chi connectivity index (χ1n) is 7.42. The van der Waals surface area contributed by atoms with Crippen molar-refractivity contribution in [3.05, 3.63) is 59.1 Å². The SMILES string of the molecule is COC(=O)c1cccc(-c2ccc(C=Nc3c(C)n[nH]c3C)o2)c1. The van der Waals surface area contributed by atoms with Crippen LogP contribution in [0.25, 0.3) is 11.3 Å². The number of benzene rings is 1. The molecule has 6 heteroatoms. The lowest BCUT2D eigenvalue weighted by atomic mass is 10.1. The first kappa shape index (κ1) is 15.7. The van der Waals surface area contributed by atoms with Crippen molar-refractivity contribution in [2.45, 2.75) is 13.8 Å². The molecule has 0 atom stereocenters. The third-order valence-corrected chi connectivity index (χ3v) is 3.61. The standard InChI is InChI=1S/C18H17N3O3/c1-11-17(12(2)21-20-11)19-10-15-7-8-16(24-15)13-5-4-6-14(9-13)18(22)23-3/h4-10H,1-3H3,(H,20,21). The molecule has 0 aliphatic heterocycles. The van der Waals surface area contributed by atoms with Gasteiger partial charge in [0.1, 0.15) is 17.2 Å². The molecule has 0 radical (unpaired) electrons. The first-order chi connectivity index (χ1) is 11.6. The first-order valence-corrected chi connectivity index (χ1v) is 7.42. The number of aromatic amines is 1. The van der Waals surface area contributed by atoms with Crippen molar-refractivity contribution in [3.8, 4) is 11.3 Å². The van der Waals surface area contributed by atoms with E-state index in [1.54, 1.807) is 24.4 Å². The quantitative estimate of drug-likeness (QED) is 0.584. The predicted molar refractivity (Wildman–Crippen MR) is 90.8 cm³/mol. The Morgan fingerprint density at radius 1 is 1.29 bits per heavy atom. The molecule has 0 fully saturated rings. The van der Waals surface area contributed by atoms with E-state index in [-0.39, 0.29) is 5.97 Å². The van der Waals surface area contributed by atoms with E-state index in [0.29, 0.717) is 17.1 Å². The van der Waals surface area contributed by atoms with Gasteiger partial charge in [-0.3, -0.25) is 5.10 Å². The van der Waals surface area contributed by atoms with Crippen molar-refractivity contribution in [1.29, 1.82) is 0 Å². The van der Waals surface area contributed by atoms with Crippen LogP contribution in [0.2, 0.25) is 0 Å². The Bertz CT molecular complexity index is 886. The van der Waals surface area contributed by atoms with Crippen LogP contribution in [0.15, 0.2) is 45.8 Å². The number of aryl methyl sites for hydroxylation is 2. The molecule has 24 heavy (non-hydrogen) atoms. The molecule has 2 heterocycles. The van der Waals surface area contributed by atoms with E-state index in [4.69, 9.17) is 9.15 Å². The van der Waals surface area contributed by atoms with Gasteiger partial charge in [-0.1, -0.05) is 12.1 Å². The van der Waals surface area contributed by atoms with Crippen LogP contribution in [0, 0.1) is 13.8 Å². The highest BCUT2D eigenvalue weighted by molar-refractivity contribution is 5.90. The molecule has 3 aromatic rings. The molecule has 0 saturated heterocycles. The second-order valence-electron chi connectivity index (χ2n) is 5.32. The maximum Gasteiger partial charge on any atom is 0.337 e. The summed E-state index contributed by atoms with van der Waals surface area (Å²) in [6.07, 6.45) is 1.65. The van der Waals surface area contributed by atoms with Crippen LogP contribution in [0.3, 0.4) is 0 Å². The van der Waals surface area contributed by atoms with Gasteiger partial charge in [0.25, 0.3) is 0 Å². The van der Waals surface area contributed by atoms with E-state index in [1.165, 1.54) is 7.11 Å². The summed E-state index contributed by atoms with van der Waals surface area (Å²) in [6, 6.07) is 10.8. The highest BCUT2D eigenvalue weighted by Gasteiger charge is 2.09. The zero-order valence-electron chi connectivity index (χ0n) is 13.7. The maximum absolute atomic E-state index is 11.6. The molecule has 0 saturated carbocycles. The highest BCUT2D eigenvalue weighted by atomic mass is 16.5. The summed E-state index contributed by atoms with van der Waals surface area (Å²) in [4.78, 5) is 16.0. The zero-order valence-corrected chi connectivity index (χ0v) is 13.7. The summed E-state index contributed by atoms with van der Waals surface area (Å²) in [6.45, 7) is 3.81. The van der Waals surface area contributed by atoms with E-state index in [0.717, 1.165) is 22.6 Å². The molecule has 3 rings (SSSR count). The van der Waals surface area contributed by atoms with Crippen LogP contribution < -0.4 is 0 Å². The minimum absolute atomic E-state index is 0.379. The van der Waals surface area contributed by atoms with Crippen molar-refractivity contribution >= 4 is 17.9 Å². The van der Waals surface area contributed by atoms with Crippen molar-refractivity contribution in [2.75, 3.05) is 7.11 Å². The summed E-state index contributed by atoms with van der Waals surface area (Å²) in [5.74, 6) is 0.896. The van der Waals surface area contributed by atoms with E-state index >= 15 is 0 Å².